The molecule has 0 bridgehead atoms. The largest absolute Gasteiger partial charge is 0.457 e. The quantitative estimate of drug-likeness (QED) is 0.0443. The van der Waals surface area contributed by atoms with E-state index >= 15 is 0 Å². The second-order valence-corrected chi connectivity index (χ2v) is 10.7. The first-order valence-corrected chi connectivity index (χ1v) is 15.5. The molecule has 0 fully saturated rings. The van der Waals surface area contributed by atoms with Crippen molar-refractivity contribution in [1.29, 1.82) is 0 Å². The lowest BCUT2D eigenvalue weighted by Gasteiger charge is -2.05. The standard InChI is InChI=1S/C36H38N4O6/c41-39(42)31-13-21-35(22-14-31)45-33-17-9-29(10-18-33)27-37-25-7-5-3-1-2-4-6-8-26-38-28-30-11-19-34(20-12-30)46-36-23-15-32(16-24-36)40(43)44/h9-24,27-28H,1-8,25-26H2. The number of hydrogen-bond acceptors (Lipinski definition) is 8. The van der Waals surface area contributed by atoms with Crippen molar-refractivity contribution < 1.29 is 19.3 Å². The van der Waals surface area contributed by atoms with Gasteiger partial charge < -0.3 is 9.47 Å². The van der Waals surface area contributed by atoms with Crippen LogP contribution in [0, 0.1) is 20.2 Å². The Labute approximate surface area is 268 Å². The zero-order valence-corrected chi connectivity index (χ0v) is 25.7. The third kappa shape index (κ3) is 12.0. The Morgan fingerprint density at radius 2 is 0.739 bits per heavy atom. The number of ether oxygens (including phenoxy) is 2. The third-order valence-electron chi connectivity index (χ3n) is 7.13. The van der Waals surface area contributed by atoms with Gasteiger partial charge in [-0.3, -0.25) is 30.2 Å². The summed E-state index contributed by atoms with van der Waals surface area (Å²) in [5.41, 5.74) is 2.08. The molecular weight excluding hydrogens is 584 g/mol. The molecule has 0 unspecified atom stereocenters. The molecule has 10 heteroatoms. The molecule has 46 heavy (non-hydrogen) atoms. The number of non-ortho nitro benzene ring substituents is 2. The van der Waals surface area contributed by atoms with Gasteiger partial charge in [-0.25, -0.2) is 0 Å². The van der Waals surface area contributed by atoms with E-state index < -0.39 is 9.85 Å². The average molecular weight is 623 g/mol. The Bertz CT molecular complexity index is 1450. The lowest BCUT2D eigenvalue weighted by molar-refractivity contribution is -0.385. The molecular formula is C36H38N4O6. The highest BCUT2D eigenvalue weighted by molar-refractivity contribution is 5.80. The molecule has 0 saturated heterocycles. The molecule has 4 aromatic carbocycles. The molecule has 0 N–H and O–H groups in total. The minimum Gasteiger partial charge on any atom is -0.457 e. The second kappa shape index (κ2) is 18.4. The van der Waals surface area contributed by atoms with Crippen molar-refractivity contribution in [1.82, 2.24) is 0 Å². The van der Waals surface area contributed by atoms with Gasteiger partial charge in [-0.05, 0) is 96.8 Å². The average Bonchev–Trinajstić information content (AvgIpc) is 3.07. The number of aliphatic imine (C=N–C) groups is 2. The van der Waals surface area contributed by atoms with E-state index in [2.05, 4.69) is 9.98 Å². The third-order valence-corrected chi connectivity index (χ3v) is 7.13. The molecule has 0 amide bonds. The summed E-state index contributed by atoms with van der Waals surface area (Å²) in [7, 11) is 0. The minimum atomic E-state index is -0.434. The van der Waals surface area contributed by atoms with Crippen molar-refractivity contribution >= 4 is 23.8 Å². The van der Waals surface area contributed by atoms with E-state index in [-0.39, 0.29) is 11.4 Å². The van der Waals surface area contributed by atoms with Crippen molar-refractivity contribution in [2.24, 2.45) is 9.98 Å². The zero-order chi connectivity index (χ0) is 32.4. The molecule has 0 aliphatic rings. The van der Waals surface area contributed by atoms with E-state index in [0.29, 0.717) is 23.0 Å². The SMILES string of the molecule is O=[N+]([O-])c1ccc(Oc2ccc(C=NCCCCCCCCCCN=Cc3ccc(Oc4ccc([N+](=O)[O-])cc4)cc3)cc2)cc1. The van der Waals surface area contributed by atoms with Crippen LogP contribution < -0.4 is 9.47 Å². The molecule has 238 valence electrons. The summed E-state index contributed by atoms with van der Waals surface area (Å²) >= 11 is 0. The summed E-state index contributed by atoms with van der Waals surface area (Å²) < 4.78 is 11.5. The minimum absolute atomic E-state index is 0.0337. The van der Waals surface area contributed by atoms with Crippen molar-refractivity contribution in [2.75, 3.05) is 13.1 Å². The molecule has 0 saturated carbocycles. The van der Waals surface area contributed by atoms with Crippen molar-refractivity contribution in [2.45, 2.75) is 51.4 Å². The van der Waals surface area contributed by atoms with Gasteiger partial charge in [0.15, 0.2) is 0 Å². The van der Waals surface area contributed by atoms with Gasteiger partial charge in [0.2, 0.25) is 0 Å². The van der Waals surface area contributed by atoms with E-state index in [4.69, 9.17) is 9.47 Å². The fraction of sp³-hybridized carbons (Fsp3) is 0.278. The van der Waals surface area contributed by atoms with E-state index in [1.807, 2.05) is 61.0 Å². The summed E-state index contributed by atoms with van der Waals surface area (Å²) in [5.74, 6) is 2.43. The van der Waals surface area contributed by atoms with Crippen LogP contribution in [-0.2, 0) is 0 Å². The van der Waals surface area contributed by atoms with E-state index in [1.54, 1.807) is 24.3 Å². The van der Waals surface area contributed by atoms with Gasteiger partial charge in [-0.15, -0.1) is 0 Å². The van der Waals surface area contributed by atoms with Crippen LogP contribution in [0.3, 0.4) is 0 Å². The van der Waals surface area contributed by atoms with Crippen LogP contribution in [0.4, 0.5) is 11.4 Å². The van der Waals surface area contributed by atoms with Gasteiger partial charge in [-0.2, -0.15) is 0 Å². The normalized spacial score (nSPS) is 11.2. The first-order valence-electron chi connectivity index (χ1n) is 15.5. The number of hydrogen-bond donors (Lipinski definition) is 0. The lowest BCUT2D eigenvalue weighted by atomic mass is 10.1. The predicted octanol–water partition coefficient (Wildman–Crippen LogP) is 9.75. The van der Waals surface area contributed by atoms with Crippen LogP contribution >= 0.6 is 0 Å². The summed E-state index contributed by atoms with van der Waals surface area (Å²) in [4.78, 5) is 29.7. The van der Waals surface area contributed by atoms with Crippen molar-refractivity contribution in [3.8, 4) is 23.0 Å². The van der Waals surface area contributed by atoms with Gasteiger partial charge in [-0.1, -0.05) is 38.5 Å². The molecule has 0 aliphatic heterocycles. The maximum atomic E-state index is 10.8. The Morgan fingerprint density at radius 3 is 1.04 bits per heavy atom. The highest BCUT2D eigenvalue weighted by atomic mass is 16.6. The number of nitrogens with zero attached hydrogens (tertiary/aromatic N) is 4. The van der Waals surface area contributed by atoms with Crippen LogP contribution in [0.2, 0.25) is 0 Å². The van der Waals surface area contributed by atoms with Gasteiger partial charge in [0, 0.05) is 49.8 Å². The van der Waals surface area contributed by atoms with Crippen LogP contribution in [0.1, 0.15) is 62.5 Å². The van der Waals surface area contributed by atoms with E-state index in [1.165, 1.54) is 62.8 Å². The van der Waals surface area contributed by atoms with Crippen LogP contribution in [0.5, 0.6) is 23.0 Å². The zero-order valence-electron chi connectivity index (χ0n) is 25.7. The molecule has 4 aromatic rings. The summed E-state index contributed by atoms with van der Waals surface area (Å²) in [5, 5.41) is 21.5. The number of rotatable bonds is 19. The maximum Gasteiger partial charge on any atom is 0.269 e. The summed E-state index contributed by atoms with van der Waals surface area (Å²) in [6.07, 6.45) is 13.2. The van der Waals surface area contributed by atoms with E-state index in [9.17, 15) is 20.2 Å². The summed E-state index contributed by atoms with van der Waals surface area (Å²) in [6, 6.07) is 27.2. The molecule has 0 atom stereocenters. The molecule has 0 aliphatic carbocycles. The van der Waals surface area contributed by atoms with Gasteiger partial charge >= 0.3 is 0 Å². The highest BCUT2D eigenvalue weighted by Crippen LogP contribution is 2.25. The first-order chi connectivity index (χ1) is 22.5. The smallest absolute Gasteiger partial charge is 0.269 e. The Balaban J connectivity index is 0.983. The number of unbranched alkanes of at least 4 members (excludes halogenated alkanes) is 7. The number of nitro groups is 2. The monoisotopic (exact) mass is 622 g/mol. The highest BCUT2D eigenvalue weighted by Gasteiger charge is 2.06. The van der Waals surface area contributed by atoms with Crippen LogP contribution in [-0.4, -0.2) is 35.4 Å². The molecule has 0 spiro atoms. The maximum absolute atomic E-state index is 10.8. The van der Waals surface area contributed by atoms with E-state index in [0.717, 1.165) is 37.1 Å². The molecule has 4 rings (SSSR count). The fourth-order valence-electron chi connectivity index (χ4n) is 4.59. The second-order valence-electron chi connectivity index (χ2n) is 10.7. The Morgan fingerprint density at radius 1 is 0.457 bits per heavy atom. The van der Waals surface area contributed by atoms with Crippen molar-refractivity contribution in [3.05, 3.63) is 128 Å². The van der Waals surface area contributed by atoms with Crippen LogP contribution in [0.25, 0.3) is 0 Å². The van der Waals surface area contributed by atoms with Crippen molar-refractivity contribution in [3.63, 3.8) is 0 Å². The Hall–Kier alpha value is -5.38. The Kier molecular flexibility index (Phi) is 13.4. The van der Waals surface area contributed by atoms with Gasteiger partial charge in [0.1, 0.15) is 23.0 Å². The topological polar surface area (TPSA) is 129 Å². The van der Waals surface area contributed by atoms with Gasteiger partial charge in [0.25, 0.3) is 11.4 Å². The molecule has 10 nitrogen and oxygen atoms in total. The predicted molar refractivity (Wildman–Crippen MR) is 181 cm³/mol. The number of nitro benzene ring substituents is 2. The first kappa shape index (κ1) is 33.5. The number of benzene rings is 4. The van der Waals surface area contributed by atoms with Gasteiger partial charge in [0.05, 0.1) is 9.85 Å². The summed E-state index contributed by atoms with van der Waals surface area (Å²) in [6.45, 7) is 1.63. The lowest BCUT2D eigenvalue weighted by Crippen LogP contribution is -1.89. The van der Waals surface area contributed by atoms with Crippen LogP contribution in [0.15, 0.2) is 107 Å². The molecule has 0 aromatic heterocycles. The molecule has 0 radical (unpaired) electrons. The molecule has 0 heterocycles. The fourth-order valence-corrected chi connectivity index (χ4v) is 4.59.